The minimum absolute atomic E-state index is 0.900. The number of imidazole rings is 1. The Kier molecular flexibility index (Phi) is 6.43. The van der Waals surface area contributed by atoms with Crippen molar-refractivity contribution in [3.63, 3.8) is 0 Å². The molecule has 8 aromatic rings. The Morgan fingerprint density at radius 1 is 0.535 bits per heavy atom. The molecule has 2 aromatic heterocycles. The molecule has 8 rings (SSSR count). The average molecular weight is 569 g/mol. The highest BCUT2D eigenvalue weighted by atomic mass is 32.1. The number of hydrogen-bond donors (Lipinski definition) is 0. The van der Waals surface area contributed by atoms with Crippen LogP contribution in [0.15, 0.2) is 157 Å². The van der Waals surface area contributed by atoms with Crippen molar-refractivity contribution >= 4 is 32.5 Å². The van der Waals surface area contributed by atoms with E-state index in [2.05, 4.69) is 162 Å². The first-order valence-corrected chi connectivity index (χ1v) is 15.5. The van der Waals surface area contributed by atoms with E-state index in [0.29, 0.717) is 0 Å². The largest absolute Gasteiger partial charge is 0.291 e. The second-order valence-electron chi connectivity index (χ2n) is 10.8. The van der Waals surface area contributed by atoms with Crippen LogP contribution >= 0.6 is 11.3 Å². The van der Waals surface area contributed by atoms with Gasteiger partial charge in [-0.15, -0.1) is 11.3 Å². The number of nitrogens with zero attached hydrogens (tertiary/aromatic N) is 2. The number of hydrogen-bond acceptors (Lipinski definition) is 2. The predicted molar refractivity (Wildman–Crippen MR) is 182 cm³/mol. The fourth-order valence-electron chi connectivity index (χ4n) is 6.11. The number of rotatable bonds is 6. The van der Waals surface area contributed by atoms with Crippen LogP contribution < -0.4 is 0 Å². The fraction of sp³-hybridized carbons (Fsp3) is 0.0250. The van der Waals surface area contributed by atoms with E-state index in [1.807, 2.05) is 0 Å². The summed E-state index contributed by atoms with van der Waals surface area (Å²) >= 11 is 1.79. The van der Waals surface area contributed by atoms with Gasteiger partial charge in [-0.25, -0.2) is 4.98 Å². The lowest BCUT2D eigenvalue weighted by Gasteiger charge is -2.19. The minimum atomic E-state index is 0.900. The van der Waals surface area contributed by atoms with Crippen molar-refractivity contribution in [3.05, 3.63) is 168 Å². The number of thiophene rings is 1. The van der Waals surface area contributed by atoms with Gasteiger partial charge in [0, 0.05) is 32.2 Å². The number of benzene rings is 6. The van der Waals surface area contributed by atoms with Gasteiger partial charge in [0.05, 0.1) is 16.7 Å². The monoisotopic (exact) mass is 568 g/mol. The molecule has 0 amide bonds. The Hall–Kier alpha value is -5.25. The Morgan fingerprint density at radius 3 is 1.86 bits per heavy atom. The third-order valence-corrected chi connectivity index (χ3v) is 9.08. The summed E-state index contributed by atoms with van der Waals surface area (Å²) in [5.41, 5.74) is 11.7. The summed E-state index contributed by atoms with van der Waals surface area (Å²) in [7, 11) is 0. The third-order valence-electron chi connectivity index (χ3n) is 8.12. The van der Waals surface area contributed by atoms with Gasteiger partial charge in [0.15, 0.2) is 0 Å². The quantitative estimate of drug-likeness (QED) is 0.195. The molecular weight excluding hydrogens is 541 g/mol. The van der Waals surface area contributed by atoms with Crippen molar-refractivity contribution in [2.45, 2.75) is 6.42 Å². The summed E-state index contributed by atoms with van der Waals surface area (Å²) in [6.45, 7) is 0. The molecular formula is C40H28N2S. The van der Waals surface area contributed by atoms with E-state index < -0.39 is 0 Å². The van der Waals surface area contributed by atoms with Crippen molar-refractivity contribution in [2.75, 3.05) is 0 Å². The van der Waals surface area contributed by atoms with Gasteiger partial charge >= 0.3 is 0 Å². The van der Waals surface area contributed by atoms with E-state index in [0.717, 1.165) is 34.5 Å². The summed E-state index contributed by atoms with van der Waals surface area (Å²) in [5, 5.41) is 3.52. The molecule has 6 aromatic carbocycles. The predicted octanol–water partition coefficient (Wildman–Crippen LogP) is 10.8. The summed E-state index contributed by atoms with van der Waals surface area (Å²) in [6.07, 6.45) is 0.900. The van der Waals surface area contributed by atoms with Gasteiger partial charge in [-0.3, -0.25) is 4.57 Å². The zero-order valence-corrected chi connectivity index (χ0v) is 24.3. The van der Waals surface area contributed by atoms with Gasteiger partial charge in [-0.1, -0.05) is 127 Å². The standard InChI is InChI=1S/C40H28N2S/c1-4-13-28(14-5-1)25-29-23-24-38-34(26-29)35(27-43-38)40-41-36-21-10-11-22-37(36)42(40)39-32(30-15-6-2-7-16-30)19-12-20-33(39)31-17-8-3-9-18-31/h1-24,26-27H,25H2. The molecule has 0 spiro atoms. The lowest BCUT2D eigenvalue weighted by atomic mass is 9.95. The minimum Gasteiger partial charge on any atom is -0.291 e. The van der Waals surface area contributed by atoms with Crippen LogP contribution in [-0.4, -0.2) is 9.55 Å². The topological polar surface area (TPSA) is 17.8 Å². The number of para-hydroxylation sites is 3. The smallest absolute Gasteiger partial charge is 0.147 e. The SMILES string of the molecule is c1ccc(Cc2ccc3scc(-c4nc5ccccc5n4-c4c(-c5ccccc5)cccc4-c4ccccc4)c3c2)cc1. The summed E-state index contributed by atoms with van der Waals surface area (Å²) in [4.78, 5) is 5.33. The molecule has 0 aliphatic rings. The number of fused-ring (bicyclic) bond motifs is 2. The maximum absolute atomic E-state index is 5.33. The highest BCUT2D eigenvalue weighted by Gasteiger charge is 2.23. The third kappa shape index (κ3) is 4.64. The van der Waals surface area contributed by atoms with Crippen LogP contribution in [0.5, 0.6) is 0 Å². The van der Waals surface area contributed by atoms with Gasteiger partial charge in [-0.05, 0) is 52.9 Å². The molecule has 0 fully saturated rings. The fourth-order valence-corrected chi connectivity index (χ4v) is 7.03. The van der Waals surface area contributed by atoms with Gasteiger partial charge in [0.1, 0.15) is 5.82 Å². The van der Waals surface area contributed by atoms with E-state index in [-0.39, 0.29) is 0 Å². The maximum atomic E-state index is 5.33. The normalized spacial score (nSPS) is 11.3. The van der Waals surface area contributed by atoms with Crippen LogP contribution in [0.2, 0.25) is 0 Å². The first-order chi connectivity index (χ1) is 21.3. The first kappa shape index (κ1) is 25.5. The Balaban J connectivity index is 1.41. The molecule has 3 heteroatoms. The molecule has 0 bridgehead atoms. The van der Waals surface area contributed by atoms with E-state index in [4.69, 9.17) is 4.98 Å². The van der Waals surface area contributed by atoms with Crippen molar-refractivity contribution in [1.29, 1.82) is 0 Å². The molecule has 2 nitrogen and oxygen atoms in total. The number of aromatic nitrogens is 2. The molecule has 43 heavy (non-hydrogen) atoms. The van der Waals surface area contributed by atoms with E-state index in [1.165, 1.54) is 43.5 Å². The second kappa shape index (κ2) is 10.9. The van der Waals surface area contributed by atoms with Crippen molar-refractivity contribution < 1.29 is 0 Å². The summed E-state index contributed by atoms with van der Waals surface area (Å²) in [6, 6.07) is 54.1. The molecule has 204 valence electrons. The lowest BCUT2D eigenvalue weighted by Crippen LogP contribution is -2.03. The molecule has 0 radical (unpaired) electrons. The molecule has 0 atom stereocenters. The molecule has 2 heterocycles. The second-order valence-corrected chi connectivity index (χ2v) is 11.7. The maximum Gasteiger partial charge on any atom is 0.147 e. The Bertz CT molecular complexity index is 2140. The van der Waals surface area contributed by atoms with Gasteiger partial charge in [0.25, 0.3) is 0 Å². The Labute approximate surface area is 255 Å². The van der Waals surface area contributed by atoms with Crippen molar-refractivity contribution in [3.8, 4) is 39.3 Å². The zero-order chi connectivity index (χ0) is 28.6. The van der Waals surface area contributed by atoms with Crippen LogP contribution in [-0.2, 0) is 6.42 Å². The molecule has 0 saturated carbocycles. The molecule has 0 aliphatic carbocycles. The van der Waals surface area contributed by atoms with Crippen LogP contribution in [0.4, 0.5) is 0 Å². The highest BCUT2D eigenvalue weighted by molar-refractivity contribution is 7.17. The summed E-state index contributed by atoms with van der Waals surface area (Å²) in [5.74, 6) is 0.963. The van der Waals surface area contributed by atoms with Gasteiger partial charge in [-0.2, -0.15) is 0 Å². The van der Waals surface area contributed by atoms with Crippen molar-refractivity contribution in [2.24, 2.45) is 0 Å². The molecule has 0 unspecified atom stereocenters. The molecule has 0 N–H and O–H groups in total. The molecule has 0 aliphatic heterocycles. The first-order valence-electron chi connectivity index (χ1n) is 14.6. The van der Waals surface area contributed by atoms with Crippen LogP contribution in [0.1, 0.15) is 11.1 Å². The lowest BCUT2D eigenvalue weighted by molar-refractivity contribution is 1.11. The van der Waals surface area contributed by atoms with Crippen LogP contribution in [0, 0.1) is 0 Å². The van der Waals surface area contributed by atoms with E-state index >= 15 is 0 Å². The Morgan fingerprint density at radius 2 is 1.16 bits per heavy atom. The zero-order valence-electron chi connectivity index (χ0n) is 23.5. The van der Waals surface area contributed by atoms with Gasteiger partial charge in [0.2, 0.25) is 0 Å². The van der Waals surface area contributed by atoms with Crippen molar-refractivity contribution in [1.82, 2.24) is 9.55 Å². The van der Waals surface area contributed by atoms with Crippen LogP contribution in [0.3, 0.4) is 0 Å². The highest BCUT2D eigenvalue weighted by Crippen LogP contribution is 2.42. The van der Waals surface area contributed by atoms with Crippen LogP contribution in [0.25, 0.3) is 60.4 Å². The van der Waals surface area contributed by atoms with Gasteiger partial charge < -0.3 is 0 Å². The van der Waals surface area contributed by atoms with E-state index in [9.17, 15) is 0 Å². The average Bonchev–Trinajstić information content (AvgIpc) is 3.67. The summed E-state index contributed by atoms with van der Waals surface area (Å²) < 4.78 is 3.66. The van der Waals surface area contributed by atoms with E-state index in [1.54, 1.807) is 11.3 Å². The molecule has 0 saturated heterocycles.